The van der Waals surface area contributed by atoms with Gasteiger partial charge in [-0.05, 0) is 56.0 Å². The molecule has 4 N–H and O–H groups in total. The van der Waals surface area contributed by atoms with Crippen LogP contribution in [-0.4, -0.2) is 24.9 Å². The Morgan fingerprint density at radius 2 is 2.08 bits per heavy atom. The zero-order chi connectivity index (χ0) is 16.8. The number of rotatable bonds is 6. The molecule has 1 aliphatic rings. The second-order valence-corrected chi connectivity index (χ2v) is 7.00. The Hall–Kier alpha value is -1.11. The van der Waals surface area contributed by atoms with Crippen molar-refractivity contribution in [1.82, 2.24) is 5.32 Å². The average molecular weight is 419 g/mol. The topological polar surface area (TPSA) is 84.2 Å². The van der Waals surface area contributed by atoms with E-state index in [2.05, 4.69) is 26.6 Å². The number of aryl methyl sites for hydroxylation is 1. The van der Waals surface area contributed by atoms with Gasteiger partial charge in [0.05, 0.1) is 0 Å². The second-order valence-electron chi connectivity index (χ2n) is 6.08. The normalized spacial score (nSPS) is 19.5. The molecule has 2 atom stereocenters. The minimum Gasteiger partial charge on any atom is -0.355 e. The minimum atomic E-state index is -0.0995. The van der Waals surface area contributed by atoms with Gasteiger partial charge in [-0.1, -0.05) is 22.4 Å². The molecule has 2 rings (SSSR count). The summed E-state index contributed by atoms with van der Waals surface area (Å²) in [6, 6.07) is 5.70. The zero-order valence-electron chi connectivity index (χ0n) is 13.8. The Morgan fingerprint density at radius 3 is 2.75 bits per heavy atom. The summed E-state index contributed by atoms with van der Waals surface area (Å²) < 4.78 is 0.978. The molecule has 1 aliphatic carbocycles. The van der Waals surface area contributed by atoms with Crippen LogP contribution in [0.3, 0.4) is 0 Å². The van der Waals surface area contributed by atoms with Crippen molar-refractivity contribution >= 4 is 45.8 Å². The third kappa shape index (κ3) is 5.76. The maximum absolute atomic E-state index is 12.1. The molecule has 0 saturated heterocycles. The van der Waals surface area contributed by atoms with Gasteiger partial charge in [0.2, 0.25) is 11.8 Å². The fourth-order valence-corrected chi connectivity index (χ4v) is 3.55. The first-order chi connectivity index (χ1) is 11.0. The Balaban J connectivity index is 0.00000288. The monoisotopic (exact) mass is 417 g/mol. The third-order valence-electron chi connectivity index (χ3n) is 4.41. The van der Waals surface area contributed by atoms with E-state index in [1.54, 1.807) is 0 Å². The molecule has 5 nitrogen and oxygen atoms in total. The molecule has 2 amide bonds. The molecule has 0 unspecified atom stereocenters. The van der Waals surface area contributed by atoms with E-state index in [9.17, 15) is 9.59 Å². The Labute approximate surface area is 157 Å². The Bertz CT molecular complexity index is 583. The van der Waals surface area contributed by atoms with Crippen molar-refractivity contribution in [2.24, 2.45) is 17.6 Å². The first-order valence-corrected chi connectivity index (χ1v) is 8.84. The summed E-state index contributed by atoms with van der Waals surface area (Å²) in [5.41, 5.74) is 7.49. The quantitative estimate of drug-likeness (QED) is 0.664. The maximum Gasteiger partial charge on any atom is 0.226 e. The van der Waals surface area contributed by atoms with Crippen LogP contribution in [0, 0.1) is 18.8 Å². The Morgan fingerprint density at radius 1 is 1.33 bits per heavy atom. The van der Waals surface area contributed by atoms with Crippen LogP contribution in [0.2, 0.25) is 0 Å². The van der Waals surface area contributed by atoms with Crippen LogP contribution in [-0.2, 0) is 9.59 Å². The molecule has 1 aromatic carbocycles. The van der Waals surface area contributed by atoms with Crippen LogP contribution in [0.5, 0.6) is 0 Å². The van der Waals surface area contributed by atoms with E-state index in [0.29, 0.717) is 13.1 Å². The molecule has 0 radical (unpaired) electrons. The fourth-order valence-electron chi connectivity index (χ4n) is 3.07. The lowest BCUT2D eigenvalue weighted by atomic mass is 9.95. The molecular formula is C17H25BrClN3O2. The number of carbonyl (C=O) groups excluding carboxylic acids is 2. The Kier molecular flexibility index (Phi) is 8.73. The molecular weight excluding hydrogens is 394 g/mol. The molecule has 1 aromatic rings. The zero-order valence-corrected chi connectivity index (χ0v) is 16.2. The summed E-state index contributed by atoms with van der Waals surface area (Å²) >= 11 is 3.39. The molecule has 0 bridgehead atoms. The van der Waals surface area contributed by atoms with Crippen LogP contribution in [0.15, 0.2) is 22.7 Å². The van der Waals surface area contributed by atoms with Crippen molar-refractivity contribution in [3.63, 3.8) is 0 Å². The number of benzene rings is 1. The van der Waals surface area contributed by atoms with E-state index in [4.69, 9.17) is 5.73 Å². The smallest absolute Gasteiger partial charge is 0.226 e. The summed E-state index contributed by atoms with van der Waals surface area (Å²) in [5, 5.41) is 5.74. The first kappa shape index (κ1) is 20.9. The summed E-state index contributed by atoms with van der Waals surface area (Å²) in [7, 11) is 0. The number of halogens is 2. The summed E-state index contributed by atoms with van der Waals surface area (Å²) in [5.74, 6) is 0.231. The van der Waals surface area contributed by atoms with Crippen LogP contribution in [0.1, 0.15) is 31.2 Å². The summed E-state index contributed by atoms with van der Waals surface area (Å²) in [6.07, 6.45) is 3.25. The average Bonchev–Trinajstić information content (AvgIpc) is 2.98. The SMILES string of the molecule is Cc1cc(Br)ccc1NC(=O)CCNC(=O)[C@@H]1CCC[C@@H]1CN.Cl. The summed E-state index contributed by atoms with van der Waals surface area (Å²) in [6.45, 7) is 2.85. The van der Waals surface area contributed by atoms with Crippen LogP contribution in [0.25, 0.3) is 0 Å². The van der Waals surface area contributed by atoms with Crippen molar-refractivity contribution in [2.45, 2.75) is 32.6 Å². The van der Waals surface area contributed by atoms with E-state index >= 15 is 0 Å². The lowest BCUT2D eigenvalue weighted by Crippen LogP contribution is -2.36. The number of nitrogens with one attached hydrogen (secondary N) is 2. The number of carbonyl (C=O) groups is 2. The number of anilines is 1. The molecule has 1 fully saturated rings. The van der Waals surface area contributed by atoms with Gasteiger partial charge in [-0.3, -0.25) is 9.59 Å². The van der Waals surface area contributed by atoms with Crippen molar-refractivity contribution in [2.75, 3.05) is 18.4 Å². The molecule has 1 saturated carbocycles. The van der Waals surface area contributed by atoms with Gasteiger partial charge >= 0.3 is 0 Å². The number of amides is 2. The molecule has 134 valence electrons. The highest BCUT2D eigenvalue weighted by atomic mass is 79.9. The van der Waals surface area contributed by atoms with Gasteiger partial charge in [0.25, 0.3) is 0 Å². The van der Waals surface area contributed by atoms with E-state index in [-0.39, 0.29) is 42.5 Å². The van der Waals surface area contributed by atoms with Gasteiger partial charge in [-0.15, -0.1) is 12.4 Å². The van der Waals surface area contributed by atoms with Crippen LogP contribution < -0.4 is 16.4 Å². The van der Waals surface area contributed by atoms with Gasteiger partial charge in [0.1, 0.15) is 0 Å². The van der Waals surface area contributed by atoms with Gasteiger partial charge in [0.15, 0.2) is 0 Å². The molecule has 0 aromatic heterocycles. The highest BCUT2D eigenvalue weighted by Crippen LogP contribution is 2.30. The van der Waals surface area contributed by atoms with Crippen molar-refractivity contribution in [3.8, 4) is 0 Å². The largest absolute Gasteiger partial charge is 0.355 e. The van der Waals surface area contributed by atoms with Gasteiger partial charge in [0, 0.05) is 29.0 Å². The highest BCUT2D eigenvalue weighted by Gasteiger charge is 2.31. The first-order valence-electron chi connectivity index (χ1n) is 8.05. The van der Waals surface area contributed by atoms with Crippen molar-refractivity contribution in [1.29, 1.82) is 0 Å². The van der Waals surface area contributed by atoms with Crippen molar-refractivity contribution < 1.29 is 9.59 Å². The van der Waals surface area contributed by atoms with Crippen LogP contribution in [0.4, 0.5) is 5.69 Å². The van der Waals surface area contributed by atoms with E-state index in [1.807, 2.05) is 25.1 Å². The predicted octanol–water partition coefficient (Wildman–Crippen LogP) is 3.00. The lowest BCUT2D eigenvalue weighted by Gasteiger charge is -2.17. The molecule has 7 heteroatoms. The van der Waals surface area contributed by atoms with Crippen LogP contribution >= 0.6 is 28.3 Å². The predicted molar refractivity (Wildman–Crippen MR) is 102 cm³/mol. The third-order valence-corrected chi connectivity index (χ3v) is 4.91. The lowest BCUT2D eigenvalue weighted by molar-refractivity contribution is -0.126. The van der Waals surface area contributed by atoms with Crippen molar-refractivity contribution in [3.05, 3.63) is 28.2 Å². The number of nitrogens with two attached hydrogens (primary N) is 1. The molecule has 0 aliphatic heterocycles. The molecule has 0 heterocycles. The number of hydrogen-bond donors (Lipinski definition) is 3. The molecule has 0 spiro atoms. The standard InChI is InChI=1S/C17H24BrN3O2.ClH/c1-11-9-13(18)5-6-15(11)21-16(22)7-8-20-17(23)14-4-2-3-12(14)10-19;/h5-6,9,12,14H,2-4,7-8,10,19H2,1H3,(H,20,23)(H,21,22);1H/t12-,14-;/m1./s1. The van der Waals surface area contributed by atoms with E-state index < -0.39 is 0 Å². The van der Waals surface area contributed by atoms with Gasteiger partial charge in [-0.25, -0.2) is 0 Å². The van der Waals surface area contributed by atoms with Gasteiger partial charge in [-0.2, -0.15) is 0 Å². The molecule has 24 heavy (non-hydrogen) atoms. The fraction of sp³-hybridized carbons (Fsp3) is 0.529. The van der Waals surface area contributed by atoms with E-state index in [1.165, 1.54) is 0 Å². The number of hydrogen-bond acceptors (Lipinski definition) is 3. The summed E-state index contributed by atoms with van der Waals surface area (Å²) in [4.78, 5) is 24.1. The highest BCUT2D eigenvalue weighted by molar-refractivity contribution is 9.10. The van der Waals surface area contributed by atoms with Gasteiger partial charge < -0.3 is 16.4 Å². The second kappa shape index (κ2) is 10.0. The maximum atomic E-state index is 12.1. The minimum absolute atomic E-state index is 0. The van der Waals surface area contributed by atoms with E-state index in [0.717, 1.165) is 35.0 Å².